The zero-order chi connectivity index (χ0) is 13.9. The summed E-state index contributed by atoms with van der Waals surface area (Å²) in [4.78, 5) is 11.0. The van der Waals surface area contributed by atoms with E-state index in [4.69, 9.17) is 4.74 Å². The molecule has 0 aliphatic heterocycles. The Morgan fingerprint density at radius 3 is 2.44 bits per heavy atom. The molecule has 0 saturated carbocycles. The van der Waals surface area contributed by atoms with Crippen molar-refractivity contribution in [3.8, 4) is 5.75 Å². The lowest BCUT2D eigenvalue weighted by atomic mass is 10.2. The smallest absolute Gasteiger partial charge is 0.419 e. The van der Waals surface area contributed by atoms with E-state index in [0.717, 1.165) is 13.2 Å². The standard InChI is InChI=1S/C11H10F4O3/c1-6(10(16)17-2)18-7-3-4-9(12)8(5-7)11(13,14)15/h3-6H,1-2H3/t6-/m0/s1. The molecule has 100 valence electrons. The molecule has 0 N–H and O–H groups in total. The van der Waals surface area contributed by atoms with E-state index in [1.54, 1.807) is 0 Å². The Bertz CT molecular complexity index is 442. The summed E-state index contributed by atoms with van der Waals surface area (Å²) in [5.74, 6) is -2.41. The predicted octanol–water partition coefficient (Wildman–Crippen LogP) is 2.78. The fraction of sp³-hybridized carbons (Fsp3) is 0.364. The Morgan fingerprint density at radius 2 is 1.94 bits per heavy atom. The van der Waals surface area contributed by atoms with E-state index in [2.05, 4.69) is 4.74 Å². The summed E-state index contributed by atoms with van der Waals surface area (Å²) in [6.07, 6.45) is -5.90. The van der Waals surface area contributed by atoms with Crippen LogP contribution in [0.3, 0.4) is 0 Å². The SMILES string of the molecule is COC(=O)[C@H](C)Oc1ccc(F)c(C(F)(F)F)c1. The number of ether oxygens (including phenoxy) is 2. The number of hydrogen-bond acceptors (Lipinski definition) is 3. The van der Waals surface area contributed by atoms with Crippen molar-refractivity contribution >= 4 is 5.97 Å². The number of halogens is 4. The molecule has 1 aromatic rings. The summed E-state index contributed by atoms with van der Waals surface area (Å²) in [7, 11) is 1.12. The normalized spacial score (nSPS) is 13.0. The highest BCUT2D eigenvalue weighted by atomic mass is 19.4. The van der Waals surface area contributed by atoms with Crippen LogP contribution < -0.4 is 4.74 Å². The third kappa shape index (κ3) is 3.35. The molecule has 1 atom stereocenters. The van der Waals surface area contributed by atoms with Gasteiger partial charge in [-0.3, -0.25) is 0 Å². The minimum absolute atomic E-state index is 0.262. The summed E-state index contributed by atoms with van der Waals surface area (Å²) >= 11 is 0. The number of benzene rings is 1. The largest absolute Gasteiger partial charge is 0.479 e. The Morgan fingerprint density at radius 1 is 1.33 bits per heavy atom. The summed E-state index contributed by atoms with van der Waals surface area (Å²) in [5, 5.41) is 0. The van der Waals surface area contributed by atoms with Crippen molar-refractivity contribution in [2.24, 2.45) is 0 Å². The van der Waals surface area contributed by atoms with Crippen molar-refractivity contribution in [3.05, 3.63) is 29.6 Å². The van der Waals surface area contributed by atoms with Crippen molar-refractivity contribution in [1.29, 1.82) is 0 Å². The Hall–Kier alpha value is -1.79. The van der Waals surface area contributed by atoms with Gasteiger partial charge in [0.05, 0.1) is 12.7 Å². The van der Waals surface area contributed by atoms with Gasteiger partial charge in [0.25, 0.3) is 0 Å². The first-order valence-corrected chi connectivity index (χ1v) is 4.87. The number of esters is 1. The molecule has 18 heavy (non-hydrogen) atoms. The Balaban J connectivity index is 2.96. The fourth-order valence-corrected chi connectivity index (χ4v) is 1.21. The molecule has 0 aromatic heterocycles. The first kappa shape index (κ1) is 14.3. The van der Waals surface area contributed by atoms with Gasteiger partial charge in [-0.1, -0.05) is 0 Å². The van der Waals surface area contributed by atoms with E-state index in [9.17, 15) is 22.4 Å². The number of methoxy groups -OCH3 is 1. The van der Waals surface area contributed by atoms with Crippen molar-refractivity contribution in [2.45, 2.75) is 19.2 Å². The second-order valence-electron chi connectivity index (χ2n) is 3.42. The van der Waals surface area contributed by atoms with Crippen molar-refractivity contribution < 1.29 is 31.8 Å². The molecule has 0 bridgehead atoms. The van der Waals surface area contributed by atoms with Crippen LogP contribution in [0.15, 0.2) is 18.2 Å². The zero-order valence-corrected chi connectivity index (χ0v) is 9.55. The molecule has 7 heteroatoms. The maximum absolute atomic E-state index is 13.0. The summed E-state index contributed by atoms with van der Waals surface area (Å²) in [6.45, 7) is 1.31. The van der Waals surface area contributed by atoms with Crippen LogP contribution in [0.25, 0.3) is 0 Å². The molecule has 1 rings (SSSR count). The lowest BCUT2D eigenvalue weighted by molar-refractivity contribution is -0.147. The molecule has 0 heterocycles. The third-order valence-corrected chi connectivity index (χ3v) is 2.09. The lowest BCUT2D eigenvalue weighted by Gasteiger charge is -2.14. The van der Waals surface area contributed by atoms with Gasteiger partial charge in [-0.25, -0.2) is 9.18 Å². The van der Waals surface area contributed by atoms with Gasteiger partial charge in [-0.15, -0.1) is 0 Å². The summed E-state index contributed by atoms with van der Waals surface area (Å²) in [5.41, 5.74) is -1.45. The van der Waals surface area contributed by atoms with Crippen LogP contribution in [-0.4, -0.2) is 19.2 Å². The topological polar surface area (TPSA) is 35.5 Å². The van der Waals surface area contributed by atoms with Gasteiger partial charge in [-0.2, -0.15) is 13.2 Å². The highest BCUT2D eigenvalue weighted by Crippen LogP contribution is 2.33. The van der Waals surface area contributed by atoms with Crippen LogP contribution in [0.4, 0.5) is 17.6 Å². The second kappa shape index (κ2) is 5.24. The van der Waals surface area contributed by atoms with Crippen LogP contribution in [0.5, 0.6) is 5.75 Å². The summed E-state index contributed by atoms with van der Waals surface area (Å²) < 4.78 is 59.4. The van der Waals surface area contributed by atoms with Gasteiger partial charge >= 0.3 is 12.1 Å². The molecule has 0 aliphatic rings. The molecule has 0 radical (unpaired) electrons. The van der Waals surface area contributed by atoms with Crippen LogP contribution >= 0.6 is 0 Å². The molecule has 0 unspecified atom stereocenters. The van der Waals surface area contributed by atoms with Crippen molar-refractivity contribution in [1.82, 2.24) is 0 Å². The quantitative estimate of drug-likeness (QED) is 0.623. The summed E-state index contributed by atoms with van der Waals surface area (Å²) in [6, 6.07) is 2.13. The minimum Gasteiger partial charge on any atom is -0.479 e. The highest BCUT2D eigenvalue weighted by molar-refractivity contribution is 5.74. The van der Waals surface area contributed by atoms with E-state index < -0.39 is 29.6 Å². The van der Waals surface area contributed by atoms with Crippen molar-refractivity contribution in [2.75, 3.05) is 7.11 Å². The first-order valence-electron chi connectivity index (χ1n) is 4.87. The van der Waals surface area contributed by atoms with Crippen LogP contribution in [-0.2, 0) is 15.7 Å². The van der Waals surface area contributed by atoms with E-state index in [1.165, 1.54) is 6.92 Å². The zero-order valence-electron chi connectivity index (χ0n) is 9.55. The average Bonchev–Trinajstić information content (AvgIpc) is 2.29. The van der Waals surface area contributed by atoms with Gasteiger partial charge < -0.3 is 9.47 Å². The van der Waals surface area contributed by atoms with E-state index >= 15 is 0 Å². The van der Waals surface area contributed by atoms with Crippen LogP contribution in [0.2, 0.25) is 0 Å². The van der Waals surface area contributed by atoms with Gasteiger partial charge in [0.15, 0.2) is 6.10 Å². The number of carbonyl (C=O) groups excluding carboxylic acids is 1. The number of rotatable bonds is 3. The number of carbonyl (C=O) groups is 1. The predicted molar refractivity (Wildman–Crippen MR) is 53.5 cm³/mol. The van der Waals surface area contributed by atoms with Crippen LogP contribution in [0.1, 0.15) is 12.5 Å². The van der Waals surface area contributed by atoms with E-state index in [0.29, 0.717) is 12.1 Å². The Kier molecular flexibility index (Phi) is 4.15. The van der Waals surface area contributed by atoms with Gasteiger partial charge in [0.2, 0.25) is 0 Å². The van der Waals surface area contributed by atoms with E-state index in [1.807, 2.05) is 0 Å². The molecular formula is C11H10F4O3. The number of hydrogen-bond donors (Lipinski definition) is 0. The molecule has 0 fully saturated rings. The highest BCUT2D eigenvalue weighted by Gasteiger charge is 2.34. The fourth-order valence-electron chi connectivity index (χ4n) is 1.21. The first-order chi connectivity index (χ1) is 8.25. The maximum Gasteiger partial charge on any atom is 0.419 e. The molecule has 0 saturated heterocycles. The second-order valence-corrected chi connectivity index (χ2v) is 3.42. The monoisotopic (exact) mass is 266 g/mol. The molecule has 0 spiro atoms. The van der Waals surface area contributed by atoms with Crippen molar-refractivity contribution in [3.63, 3.8) is 0 Å². The van der Waals surface area contributed by atoms with Gasteiger partial charge in [-0.05, 0) is 25.1 Å². The minimum atomic E-state index is -4.82. The van der Waals surface area contributed by atoms with Gasteiger partial charge in [0, 0.05) is 0 Å². The maximum atomic E-state index is 13.0. The lowest BCUT2D eigenvalue weighted by Crippen LogP contribution is -2.25. The molecule has 3 nitrogen and oxygen atoms in total. The van der Waals surface area contributed by atoms with Gasteiger partial charge in [0.1, 0.15) is 11.6 Å². The molecule has 0 aliphatic carbocycles. The molecular weight excluding hydrogens is 256 g/mol. The average molecular weight is 266 g/mol. The molecule has 1 aromatic carbocycles. The Labute approximate surface area is 100 Å². The van der Waals surface area contributed by atoms with Crippen LogP contribution in [0, 0.1) is 5.82 Å². The molecule has 0 amide bonds. The third-order valence-electron chi connectivity index (χ3n) is 2.09. The van der Waals surface area contributed by atoms with E-state index in [-0.39, 0.29) is 5.75 Å². The number of alkyl halides is 3.